The minimum absolute atomic E-state index is 0.259. The van der Waals surface area contributed by atoms with Crippen LogP contribution in [0.2, 0.25) is 0 Å². The number of carbonyl (C=O) groups is 1. The number of unbranched alkanes of at least 4 members (excludes halogenated alkanes) is 25. The lowest BCUT2D eigenvalue weighted by Crippen LogP contribution is -2.65. The van der Waals surface area contributed by atoms with Crippen LogP contribution in [0.25, 0.3) is 0 Å². The predicted molar refractivity (Wildman–Crippen MR) is 350 cm³/mol. The molecule has 0 spiro atoms. The molecule has 2 rings (SSSR count). The molecule has 1 amide bonds. The van der Waals surface area contributed by atoms with Crippen molar-refractivity contribution in [2.75, 3.05) is 19.8 Å². The summed E-state index contributed by atoms with van der Waals surface area (Å²) >= 11 is 0. The highest BCUT2D eigenvalue weighted by molar-refractivity contribution is 5.76. The van der Waals surface area contributed by atoms with Crippen LogP contribution in [0.4, 0.5) is 0 Å². The van der Waals surface area contributed by atoms with Gasteiger partial charge in [0.05, 0.1) is 32.0 Å². The fourth-order valence-corrected chi connectivity index (χ4v) is 10.5. The molecule has 2 fully saturated rings. The fourth-order valence-electron chi connectivity index (χ4n) is 10.5. The van der Waals surface area contributed by atoms with Crippen molar-refractivity contribution in [2.45, 2.75) is 319 Å². The van der Waals surface area contributed by atoms with E-state index in [1.807, 2.05) is 6.08 Å². The minimum atomic E-state index is -1.80. The Kier molecular flexibility index (Phi) is 51.0. The van der Waals surface area contributed by atoms with Crippen molar-refractivity contribution < 1.29 is 64.6 Å². The van der Waals surface area contributed by atoms with E-state index in [1.54, 1.807) is 6.08 Å². The number of rotatable bonds is 54. The van der Waals surface area contributed by atoms with E-state index in [9.17, 15) is 45.6 Å². The fraction of sp³-hybridized carbons (Fsp3) is 0.736. The number of hydrogen-bond acceptors (Lipinski definition) is 13. The molecule has 86 heavy (non-hydrogen) atoms. The Morgan fingerprint density at radius 1 is 0.430 bits per heavy atom. The van der Waals surface area contributed by atoms with E-state index in [1.165, 1.54) is 122 Å². The largest absolute Gasteiger partial charge is 0.394 e. The Bertz CT molecular complexity index is 1860. The van der Waals surface area contributed by atoms with E-state index in [0.717, 1.165) is 89.9 Å². The molecule has 2 aliphatic rings. The average Bonchev–Trinajstić information content (AvgIpc) is 2.54. The molecule has 2 heterocycles. The van der Waals surface area contributed by atoms with Crippen molar-refractivity contribution in [2.24, 2.45) is 0 Å². The minimum Gasteiger partial charge on any atom is -0.394 e. The maximum atomic E-state index is 13.3. The lowest BCUT2D eigenvalue weighted by molar-refractivity contribution is -0.359. The molecular weight excluding hydrogens is 1090 g/mol. The molecule has 14 nitrogen and oxygen atoms in total. The summed E-state index contributed by atoms with van der Waals surface area (Å²) in [5, 5.41) is 87.3. The highest BCUT2D eigenvalue weighted by Gasteiger charge is 2.51. The molecule has 9 N–H and O–H groups in total. The summed E-state index contributed by atoms with van der Waals surface area (Å²) in [4.78, 5) is 13.3. The quantitative estimate of drug-likeness (QED) is 0.0204. The van der Waals surface area contributed by atoms with E-state index in [2.05, 4.69) is 116 Å². The van der Waals surface area contributed by atoms with E-state index in [4.69, 9.17) is 18.9 Å². The average molecular weight is 1210 g/mol. The summed E-state index contributed by atoms with van der Waals surface area (Å²) in [6, 6.07) is -0.947. The molecule has 0 aliphatic carbocycles. The van der Waals surface area contributed by atoms with E-state index < -0.39 is 86.8 Å². The van der Waals surface area contributed by atoms with Gasteiger partial charge in [0.15, 0.2) is 12.6 Å². The Morgan fingerprint density at radius 2 is 0.814 bits per heavy atom. The van der Waals surface area contributed by atoms with Crippen molar-refractivity contribution >= 4 is 5.91 Å². The molecule has 0 aromatic heterocycles. The number of aliphatic hydroxyl groups excluding tert-OH is 8. The van der Waals surface area contributed by atoms with Crippen molar-refractivity contribution in [3.05, 3.63) is 109 Å². The lowest BCUT2D eigenvalue weighted by Gasteiger charge is -2.46. The van der Waals surface area contributed by atoms with Gasteiger partial charge in [0.25, 0.3) is 0 Å². The van der Waals surface area contributed by atoms with Crippen LogP contribution in [-0.2, 0) is 23.7 Å². The third kappa shape index (κ3) is 39.6. The van der Waals surface area contributed by atoms with Gasteiger partial charge in [-0.2, -0.15) is 0 Å². The van der Waals surface area contributed by atoms with Gasteiger partial charge < -0.3 is 65.1 Å². The summed E-state index contributed by atoms with van der Waals surface area (Å²) in [7, 11) is 0. The number of hydrogen-bond donors (Lipinski definition) is 9. The molecule has 0 aromatic carbocycles. The molecule has 0 radical (unpaired) electrons. The van der Waals surface area contributed by atoms with Crippen LogP contribution in [-0.4, -0.2) is 140 Å². The number of allylic oxidation sites excluding steroid dienone is 17. The van der Waals surface area contributed by atoms with E-state index in [0.29, 0.717) is 12.8 Å². The standard InChI is InChI=1S/C72H123NO13/c1-3-5-7-9-11-13-15-17-19-21-23-25-26-27-28-29-30-31-32-33-34-36-38-40-42-44-46-48-50-52-54-56-64(77)73-60(61(76)55-53-51-49-47-45-43-41-39-37-35-24-22-20-18-16-14-12-10-8-6-4-2)59-83-71-69(82)67(80)70(63(58-75)85-71)86-72-68(81)66(79)65(78)62(57-74)84-72/h5,7,11,13,17,19,23,25,27-28,30-31,37,39,45,47,53,55,60-63,65-72,74-76,78-82H,3-4,6,8-10,12,14-16,18,20-22,24,26,29,32-36,38,40-44,46,48-52,54,56-59H2,1-2H3,(H,73,77)/b7-5-,13-11-,19-17-,25-23-,28-27-,31-30-,39-37+,47-45+,55-53+. The molecule has 494 valence electrons. The van der Waals surface area contributed by atoms with E-state index >= 15 is 0 Å². The normalized spacial score (nSPS) is 24.1. The summed E-state index contributed by atoms with van der Waals surface area (Å²) in [6.45, 7) is 2.66. The second kappa shape index (κ2) is 55.7. The van der Waals surface area contributed by atoms with Gasteiger partial charge in [0.2, 0.25) is 5.91 Å². The van der Waals surface area contributed by atoms with Crippen LogP contribution in [0, 0.1) is 0 Å². The predicted octanol–water partition coefficient (Wildman–Crippen LogP) is 13.6. The Hall–Kier alpha value is -3.35. The first-order valence-electron chi connectivity index (χ1n) is 34.1. The molecule has 2 aliphatic heterocycles. The summed E-state index contributed by atoms with van der Waals surface area (Å²) in [5.41, 5.74) is 0. The summed E-state index contributed by atoms with van der Waals surface area (Å²) < 4.78 is 22.8. The first kappa shape index (κ1) is 78.7. The Labute approximate surface area is 521 Å². The molecule has 0 bridgehead atoms. The van der Waals surface area contributed by atoms with Gasteiger partial charge in [-0.3, -0.25) is 4.79 Å². The van der Waals surface area contributed by atoms with Crippen molar-refractivity contribution in [3.8, 4) is 0 Å². The zero-order valence-corrected chi connectivity index (χ0v) is 53.5. The Balaban J connectivity index is 1.71. The zero-order valence-electron chi connectivity index (χ0n) is 53.5. The van der Waals surface area contributed by atoms with E-state index in [-0.39, 0.29) is 18.9 Å². The van der Waals surface area contributed by atoms with Gasteiger partial charge in [0.1, 0.15) is 48.8 Å². The van der Waals surface area contributed by atoms with Crippen molar-refractivity contribution in [1.29, 1.82) is 0 Å². The molecule has 2 saturated heterocycles. The molecule has 0 saturated carbocycles. The monoisotopic (exact) mass is 1210 g/mol. The van der Waals surface area contributed by atoms with Crippen LogP contribution >= 0.6 is 0 Å². The number of ether oxygens (including phenoxy) is 4. The van der Waals surface area contributed by atoms with Crippen molar-refractivity contribution in [3.63, 3.8) is 0 Å². The smallest absolute Gasteiger partial charge is 0.220 e. The highest BCUT2D eigenvalue weighted by Crippen LogP contribution is 2.30. The van der Waals surface area contributed by atoms with Gasteiger partial charge in [0, 0.05) is 6.42 Å². The van der Waals surface area contributed by atoms with Gasteiger partial charge in [-0.1, -0.05) is 252 Å². The van der Waals surface area contributed by atoms with Gasteiger partial charge in [-0.05, 0) is 96.3 Å². The van der Waals surface area contributed by atoms with Crippen LogP contribution in [0.1, 0.15) is 245 Å². The van der Waals surface area contributed by atoms with Gasteiger partial charge >= 0.3 is 0 Å². The maximum Gasteiger partial charge on any atom is 0.220 e. The van der Waals surface area contributed by atoms with Crippen LogP contribution in [0.3, 0.4) is 0 Å². The highest BCUT2D eigenvalue weighted by atomic mass is 16.7. The molecular formula is C72H123NO13. The maximum absolute atomic E-state index is 13.3. The molecule has 12 unspecified atom stereocenters. The number of nitrogens with one attached hydrogen (secondary N) is 1. The Morgan fingerprint density at radius 3 is 1.28 bits per heavy atom. The van der Waals surface area contributed by atoms with Gasteiger partial charge in [-0.15, -0.1) is 0 Å². The number of aliphatic hydroxyl groups is 8. The van der Waals surface area contributed by atoms with Crippen LogP contribution < -0.4 is 5.32 Å². The summed E-state index contributed by atoms with van der Waals surface area (Å²) in [5.74, 6) is -0.259. The molecule has 12 atom stereocenters. The van der Waals surface area contributed by atoms with Crippen LogP contribution in [0.5, 0.6) is 0 Å². The van der Waals surface area contributed by atoms with Crippen molar-refractivity contribution in [1.82, 2.24) is 5.32 Å². The van der Waals surface area contributed by atoms with Gasteiger partial charge in [-0.25, -0.2) is 0 Å². The second-order valence-corrected chi connectivity index (χ2v) is 23.5. The third-order valence-electron chi connectivity index (χ3n) is 15.9. The van der Waals surface area contributed by atoms with Crippen LogP contribution in [0.15, 0.2) is 109 Å². The lowest BCUT2D eigenvalue weighted by atomic mass is 9.97. The zero-order chi connectivity index (χ0) is 62.3. The third-order valence-corrected chi connectivity index (χ3v) is 15.9. The first-order valence-corrected chi connectivity index (χ1v) is 34.1. The number of amides is 1. The SMILES string of the molecule is CC/C=C\C/C=C\C/C=C\C/C=C\C/C=C\C/C=C\CCCCCCCCCCCCCCC(=O)NC(COC1OC(CO)C(OC2OC(CO)C(O)C(O)C2O)C(O)C1O)C(O)/C=C/CC/C=C/CC/C=C/CCCCCCCCCCCCC. The second-order valence-electron chi connectivity index (χ2n) is 23.5. The first-order chi connectivity index (χ1) is 42.1. The topological polar surface area (TPSA) is 228 Å². The molecule has 0 aromatic rings. The number of carbonyl (C=O) groups excluding carboxylic acids is 1. The summed E-state index contributed by atoms with van der Waals surface area (Å²) in [6.07, 6.45) is 62.7. The molecule has 14 heteroatoms.